The number of hydrogen-bond donors (Lipinski definition) is 3. The molecule has 4 rings (SSSR count). The zero-order chi connectivity index (χ0) is 22.3. The number of aryl methyl sites for hydroxylation is 1. The Labute approximate surface area is 190 Å². The van der Waals surface area contributed by atoms with E-state index in [-0.39, 0.29) is 6.04 Å². The number of nitrogens with two attached hydrogens (primary N) is 1. The quantitative estimate of drug-likeness (QED) is 0.407. The number of benzene rings is 2. The fourth-order valence-corrected chi connectivity index (χ4v) is 4.37. The zero-order valence-corrected chi connectivity index (χ0v) is 18.7. The van der Waals surface area contributed by atoms with E-state index in [9.17, 15) is 5.11 Å². The second kappa shape index (κ2) is 10.8. The third-order valence-electron chi connectivity index (χ3n) is 6.21. The van der Waals surface area contributed by atoms with Crippen LogP contribution in [0.1, 0.15) is 36.5 Å². The maximum absolute atomic E-state index is 11.3. The van der Waals surface area contributed by atoms with E-state index in [4.69, 9.17) is 15.3 Å². The first-order valence-corrected chi connectivity index (χ1v) is 11.5. The lowest BCUT2D eigenvalue weighted by atomic mass is 10.0. The largest absolute Gasteiger partial charge is 0.486 e. The molecule has 2 aliphatic rings. The highest BCUT2D eigenvalue weighted by atomic mass is 16.6. The summed E-state index contributed by atoms with van der Waals surface area (Å²) in [5.41, 5.74) is 7.20. The first-order valence-electron chi connectivity index (χ1n) is 11.5. The van der Waals surface area contributed by atoms with Crippen LogP contribution in [0.4, 0.5) is 0 Å². The molecule has 0 amide bonds. The topological polar surface area (TPSA) is 98.8 Å². The van der Waals surface area contributed by atoms with Gasteiger partial charge in [0.25, 0.3) is 0 Å². The Morgan fingerprint density at radius 3 is 2.56 bits per heavy atom. The molecule has 0 unspecified atom stereocenters. The smallest absolute Gasteiger partial charge is 0.161 e. The second-order valence-electron chi connectivity index (χ2n) is 8.64. The van der Waals surface area contributed by atoms with Crippen LogP contribution in [0.5, 0.6) is 11.5 Å². The molecule has 7 heteroatoms. The van der Waals surface area contributed by atoms with Crippen LogP contribution < -0.4 is 21.1 Å². The minimum atomic E-state index is -0.769. The number of likely N-dealkylation sites (tertiary alicyclic amines) is 1. The van der Waals surface area contributed by atoms with E-state index < -0.39 is 6.10 Å². The summed E-state index contributed by atoms with van der Waals surface area (Å²) in [6.07, 6.45) is 5.20. The van der Waals surface area contributed by atoms with Gasteiger partial charge in [-0.15, -0.1) is 0 Å². The number of hydrazine groups is 1. The summed E-state index contributed by atoms with van der Waals surface area (Å²) < 4.78 is 11.3. The van der Waals surface area contributed by atoms with Crippen molar-refractivity contribution in [3.05, 3.63) is 71.6 Å². The van der Waals surface area contributed by atoms with Crippen LogP contribution in [0.25, 0.3) is 0 Å². The lowest BCUT2D eigenvalue weighted by Gasteiger charge is -2.34. The fourth-order valence-electron chi connectivity index (χ4n) is 4.37. The number of allylic oxidation sites excluding steroid dienone is 1. The van der Waals surface area contributed by atoms with Gasteiger partial charge in [-0.1, -0.05) is 36.4 Å². The molecule has 0 spiro atoms. The standard InChI is InChI=1S/C25H34N4O3/c26-21(10-8-19-6-2-1-3-7-19)17-29(27)22(18-28-12-4-5-13-28)25(30)20-9-11-23-24(16-20)32-15-14-31-23/h1-3,6-7,9,11,16-17,22,25,30H,4-5,8,10,12-15,18,26-27H2/p+1/b21-17-/t22-,25-/m1/s1. The maximum atomic E-state index is 11.3. The predicted molar refractivity (Wildman–Crippen MR) is 124 cm³/mol. The summed E-state index contributed by atoms with van der Waals surface area (Å²) in [5, 5.41) is 13.0. The van der Waals surface area contributed by atoms with Crippen molar-refractivity contribution in [1.82, 2.24) is 9.91 Å². The third kappa shape index (κ3) is 5.81. The highest BCUT2D eigenvalue weighted by Crippen LogP contribution is 2.34. The van der Waals surface area contributed by atoms with Gasteiger partial charge in [-0.25, -0.2) is 5.84 Å². The van der Waals surface area contributed by atoms with Crippen molar-refractivity contribution in [2.24, 2.45) is 5.84 Å². The Hall–Kier alpha value is -2.58. The van der Waals surface area contributed by atoms with Crippen LogP contribution in [0.3, 0.4) is 0 Å². The number of quaternary nitrogens is 1. The van der Waals surface area contributed by atoms with E-state index in [1.165, 1.54) is 18.4 Å². The van der Waals surface area contributed by atoms with Crippen LogP contribution in [-0.2, 0) is 6.42 Å². The normalized spacial score (nSPS) is 18.4. The van der Waals surface area contributed by atoms with Crippen LogP contribution in [-0.4, -0.2) is 53.9 Å². The number of fused-ring (bicyclic) bond motifs is 1. The van der Waals surface area contributed by atoms with Gasteiger partial charge >= 0.3 is 0 Å². The number of aliphatic hydroxyl groups is 1. The van der Waals surface area contributed by atoms with Gasteiger partial charge in [0.2, 0.25) is 0 Å². The fraction of sp³-hybridized carbons (Fsp3) is 0.440. The van der Waals surface area contributed by atoms with Crippen molar-refractivity contribution in [3.8, 4) is 11.5 Å². The summed E-state index contributed by atoms with van der Waals surface area (Å²) in [7, 11) is 0. The molecule has 1 saturated heterocycles. The van der Waals surface area contributed by atoms with Crippen molar-refractivity contribution >= 4 is 0 Å². The molecule has 7 nitrogen and oxygen atoms in total. The van der Waals surface area contributed by atoms with E-state index in [1.807, 2.05) is 42.6 Å². The van der Waals surface area contributed by atoms with E-state index in [2.05, 4.69) is 22.8 Å². The number of hydrogen-bond acceptors (Lipinski definition) is 6. The van der Waals surface area contributed by atoms with Crippen molar-refractivity contribution in [1.29, 1.82) is 0 Å². The predicted octanol–water partition coefficient (Wildman–Crippen LogP) is 1.85. The molecule has 0 radical (unpaired) electrons. The number of nitrogens with zero attached hydrogens (tertiary/aromatic N) is 2. The SMILES string of the molecule is NN(/C=C(\[NH3+])CCc1ccccc1)[C@H](CN1CCCC1)[C@H](O)c1ccc2c(c1)OCCO2. The van der Waals surface area contributed by atoms with Gasteiger partial charge in [-0.05, 0) is 55.6 Å². The second-order valence-corrected chi connectivity index (χ2v) is 8.64. The molecular weight excluding hydrogens is 404 g/mol. The van der Waals surface area contributed by atoms with Crippen molar-refractivity contribution in [3.63, 3.8) is 0 Å². The Kier molecular flexibility index (Phi) is 7.65. The maximum Gasteiger partial charge on any atom is 0.161 e. The van der Waals surface area contributed by atoms with Crippen molar-refractivity contribution in [2.45, 2.75) is 37.8 Å². The van der Waals surface area contributed by atoms with Gasteiger partial charge in [0.05, 0.1) is 12.2 Å². The van der Waals surface area contributed by atoms with Crippen molar-refractivity contribution < 1.29 is 20.3 Å². The van der Waals surface area contributed by atoms with Gasteiger partial charge in [0, 0.05) is 13.0 Å². The number of rotatable bonds is 9. The molecule has 2 aliphatic heterocycles. The molecule has 0 aliphatic carbocycles. The summed E-state index contributed by atoms with van der Waals surface area (Å²) in [6.45, 7) is 3.82. The van der Waals surface area contributed by atoms with Crippen LogP contribution in [0, 0.1) is 0 Å². The van der Waals surface area contributed by atoms with E-state index in [1.54, 1.807) is 5.01 Å². The molecule has 0 bridgehead atoms. The highest BCUT2D eigenvalue weighted by Gasteiger charge is 2.29. The van der Waals surface area contributed by atoms with E-state index in [0.29, 0.717) is 31.3 Å². The third-order valence-corrected chi connectivity index (χ3v) is 6.21. The highest BCUT2D eigenvalue weighted by molar-refractivity contribution is 5.44. The van der Waals surface area contributed by atoms with Crippen molar-refractivity contribution in [2.75, 3.05) is 32.8 Å². The van der Waals surface area contributed by atoms with Gasteiger partial charge in [-0.2, -0.15) is 0 Å². The minimum Gasteiger partial charge on any atom is -0.486 e. The molecule has 2 heterocycles. The average molecular weight is 440 g/mol. The lowest BCUT2D eigenvalue weighted by Crippen LogP contribution is -2.52. The molecule has 1 fully saturated rings. The van der Waals surface area contributed by atoms with E-state index in [0.717, 1.165) is 37.2 Å². The van der Waals surface area contributed by atoms with Crippen LogP contribution in [0.15, 0.2) is 60.4 Å². The summed E-state index contributed by atoms with van der Waals surface area (Å²) >= 11 is 0. The summed E-state index contributed by atoms with van der Waals surface area (Å²) in [5.74, 6) is 7.91. The first kappa shape index (κ1) is 22.6. The zero-order valence-electron chi connectivity index (χ0n) is 18.7. The first-order chi connectivity index (χ1) is 15.6. The average Bonchev–Trinajstić information content (AvgIpc) is 3.34. The molecular formula is C25H35N4O3+. The molecule has 2 atom stereocenters. The van der Waals surface area contributed by atoms with Gasteiger partial charge in [0.1, 0.15) is 25.0 Å². The van der Waals surface area contributed by atoms with Gasteiger partial charge in [-0.3, -0.25) is 0 Å². The lowest BCUT2D eigenvalue weighted by molar-refractivity contribution is -0.308. The Balaban J connectivity index is 1.48. The number of aliphatic hydroxyl groups excluding tert-OH is 1. The molecule has 6 N–H and O–H groups in total. The molecule has 0 saturated carbocycles. The monoisotopic (exact) mass is 439 g/mol. The van der Waals surface area contributed by atoms with Gasteiger partial charge < -0.3 is 30.2 Å². The molecule has 32 heavy (non-hydrogen) atoms. The Morgan fingerprint density at radius 2 is 1.81 bits per heavy atom. The summed E-state index contributed by atoms with van der Waals surface area (Å²) in [4.78, 5) is 2.37. The van der Waals surface area contributed by atoms with Crippen LogP contribution in [0.2, 0.25) is 0 Å². The summed E-state index contributed by atoms with van der Waals surface area (Å²) in [6, 6.07) is 15.7. The molecule has 0 aromatic heterocycles. The van der Waals surface area contributed by atoms with Crippen LogP contribution >= 0.6 is 0 Å². The van der Waals surface area contributed by atoms with E-state index >= 15 is 0 Å². The molecule has 172 valence electrons. The Morgan fingerprint density at radius 1 is 1.09 bits per heavy atom. The van der Waals surface area contributed by atoms with Gasteiger partial charge in [0.15, 0.2) is 11.5 Å². The number of ether oxygens (including phenoxy) is 2. The Bertz CT molecular complexity index is 899. The molecule has 2 aromatic carbocycles. The molecule has 2 aromatic rings. The minimum absolute atomic E-state index is 0.302.